The van der Waals surface area contributed by atoms with E-state index >= 15 is 0 Å². The van der Waals surface area contributed by atoms with Crippen LogP contribution in [0.5, 0.6) is 0 Å². The van der Waals surface area contributed by atoms with Crippen LogP contribution in [0.1, 0.15) is 44.1 Å². The molecule has 0 saturated heterocycles. The maximum absolute atomic E-state index is 12.7. The van der Waals surface area contributed by atoms with E-state index in [-0.39, 0.29) is 29.1 Å². The van der Waals surface area contributed by atoms with Crippen LogP contribution in [0.4, 0.5) is 18.9 Å². The lowest BCUT2D eigenvalue weighted by Gasteiger charge is -2.37. The van der Waals surface area contributed by atoms with Crippen molar-refractivity contribution in [2.24, 2.45) is 11.7 Å². The van der Waals surface area contributed by atoms with Gasteiger partial charge in [0.1, 0.15) is 5.84 Å². The van der Waals surface area contributed by atoms with Crippen molar-refractivity contribution in [2.75, 3.05) is 5.32 Å². The Morgan fingerprint density at radius 3 is 2.38 bits per heavy atom. The minimum Gasteiger partial charge on any atom is -0.386 e. The van der Waals surface area contributed by atoms with E-state index in [4.69, 9.17) is 11.1 Å². The Kier molecular flexibility index (Phi) is 7.40. The number of alkyl halides is 3. The van der Waals surface area contributed by atoms with Gasteiger partial charge in [-0.15, -0.1) is 0 Å². The van der Waals surface area contributed by atoms with Gasteiger partial charge in [-0.1, -0.05) is 6.42 Å². The Balaban J connectivity index is 1.60. The van der Waals surface area contributed by atoms with Gasteiger partial charge in [-0.2, -0.15) is 18.4 Å². The molecule has 6 N–H and O–H groups in total. The third kappa shape index (κ3) is 6.01. The van der Waals surface area contributed by atoms with E-state index in [1.54, 1.807) is 0 Å². The van der Waals surface area contributed by atoms with E-state index in [1.165, 1.54) is 37.6 Å². The highest BCUT2D eigenvalue weighted by atomic mass is 19.4. The number of primary amides is 1. The predicted molar refractivity (Wildman–Crippen MR) is 115 cm³/mol. The van der Waals surface area contributed by atoms with Crippen molar-refractivity contribution in [1.29, 1.82) is 10.7 Å². The van der Waals surface area contributed by atoms with Crippen LogP contribution in [-0.2, 0) is 11.0 Å². The lowest BCUT2D eigenvalue weighted by Crippen LogP contribution is -2.49. The Bertz CT molecular complexity index is 902. The van der Waals surface area contributed by atoms with Crippen molar-refractivity contribution in [3.05, 3.63) is 41.6 Å². The lowest BCUT2D eigenvalue weighted by atomic mass is 9.81. The molecule has 10 heteroatoms. The molecular weight excluding hydrogens is 421 g/mol. The second-order valence-corrected chi connectivity index (χ2v) is 8.31. The molecule has 0 aromatic heterocycles. The van der Waals surface area contributed by atoms with Gasteiger partial charge >= 0.3 is 6.18 Å². The van der Waals surface area contributed by atoms with Crippen LogP contribution in [0.25, 0.3) is 0 Å². The first-order valence-corrected chi connectivity index (χ1v) is 10.6. The number of carbonyl (C=O) groups excluding carboxylic acids is 1. The van der Waals surface area contributed by atoms with Crippen molar-refractivity contribution in [3.63, 3.8) is 0 Å². The second-order valence-electron chi connectivity index (χ2n) is 8.31. The number of hydrogen-bond donors (Lipinski definition) is 5. The summed E-state index contributed by atoms with van der Waals surface area (Å²) in [6, 6.07) is 7.09. The monoisotopic (exact) mass is 448 g/mol. The fourth-order valence-corrected chi connectivity index (χ4v) is 3.98. The fourth-order valence-electron chi connectivity index (χ4n) is 3.98. The molecule has 0 heterocycles. The van der Waals surface area contributed by atoms with Gasteiger partial charge in [0.05, 0.1) is 23.1 Å². The number of anilines is 1. The minimum atomic E-state index is -4.46. The zero-order valence-electron chi connectivity index (χ0n) is 17.5. The summed E-state index contributed by atoms with van der Waals surface area (Å²) in [5, 5.41) is 26.9. The molecular formula is C22H27F3N6O. The molecule has 0 spiro atoms. The number of nitriles is 1. The molecule has 2 aliphatic rings. The van der Waals surface area contributed by atoms with Gasteiger partial charge in [-0.3, -0.25) is 10.2 Å². The highest BCUT2D eigenvalue weighted by Crippen LogP contribution is 2.30. The second kappa shape index (κ2) is 10.0. The molecule has 3 atom stereocenters. The topological polar surface area (TPSA) is 127 Å². The van der Waals surface area contributed by atoms with Crippen LogP contribution in [-0.4, -0.2) is 29.9 Å². The molecule has 2 fully saturated rings. The van der Waals surface area contributed by atoms with Gasteiger partial charge in [0.25, 0.3) is 5.91 Å². The SMILES string of the molecule is N#CC1C[C@@H](NC2CCC2)CC[C@H]1N/C=C(\C(=N)Nc1ccc(C(F)(F)F)cc1)C(N)=O. The fraction of sp³-hybridized carbons (Fsp3) is 0.500. The van der Waals surface area contributed by atoms with Crippen LogP contribution in [0.3, 0.4) is 0 Å². The van der Waals surface area contributed by atoms with E-state index < -0.39 is 17.6 Å². The zero-order chi connectivity index (χ0) is 23.3. The molecule has 1 aromatic rings. The highest BCUT2D eigenvalue weighted by molar-refractivity contribution is 6.23. The van der Waals surface area contributed by atoms with Gasteiger partial charge in [0.15, 0.2) is 0 Å². The van der Waals surface area contributed by atoms with Crippen LogP contribution in [0.15, 0.2) is 36.0 Å². The molecule has 2 saturated carbocycles. The standard InChI is InChI=1S/C22H27F3N6O/c23-22(24,25)14-4-6-16(7-5-14)31-20(27)18(21(28)32)12-29-19-9-8-17(10-13(19)11-26)30-15-2-1-3-15/h4-7,12-13,15,17,19,29-30H,1-3,8-10H2,(H2,27,31)(H2,28,32)/b18-12+/t13?,17-,19+/m0/s1. The summed E-state index contributed by atoms with van der Waals surface area (Å²) in [6.07, 6.45) is 2.77. The number of benzene rings is 1. The first-order chi connectivity index (χ1) is 15.2. The van der Waals surface area contributed by atoms with Gasteiger partial charge in [-0.05, 0) is 56.4 Å². The van der Waals surface area contributed by atoms with E-state index in [0.717, 1.165) is 25.0 Å². The number of amidine groups is 1. The van der Waals surface area contributed by atoms with Crippen LogP contribution < -0.4 is 21.7 Å². The molecule has 0 aliphatic heterocycles. The molecule has 1 aromatic carbocycles. The molecule has 0 bridgehead atoms. The number of rotatable bonds is 7. The Morgan fingerprint density at radius 2 is 1.84 bits per heavy atom. The quantitative estimate of drug-likeness (QED) is 0.249. The average molecular weight is 448 g/mol. The molecule has 172 valence electrons. The molecule has 3 rings (SSSR count). The van der Waals surface area contributed by atoms with Crippen LogP contribution in [0, 0.1) is 22.7 Å². The number of nitrogens with one attached hydrogen (secondary N) is 4. The van der Waals surface area contributed by atoms with E-state index in [0.29, 0.717) is 18.5 Å². The Labute approximate surface area is 184 Å². The maximum Gasteiger partial charge on any atom is 0.416 e. The van der Waals surface area contributed by atoms with Gasteiger partial charge in [-0.25, -0.2) is 0 Å². The maximum atomic E-state index is 12.7. The van der Waals surface area contributed by atoms with E-state index in [2.05, 4.69) is 22.0 Å². The summed E-state index contributed by atoms with van der Waals surface area (Å²) in [4.78, 5) is 11.9. The highest BCUT2D eigenvalue weighted by Gasteiger charge is 2.32. The normalized spacial score (nSPS) is 24.2. The molecule has 7 nitrogen and oxygen atoms in total. The first-order valence-electron chi connectivity index (χ1n) is 10.6. The number of amides is 1. The number of hydrogen-bond acceptors (Lipinski definition) is 5. The van der Waals surface area contributed by atoms with Crippen molar-refractivity contribution < 1.29 is 18.0 Å². The summed E-state index contributed by atoms with van der Waals surface area (Å²) in [6.45, 7) is 0. The largest absolute Gasteiger partial charge is 0.416 e. The van der Waals surface area contributed by atoms with Crippen LogP contribution in [0.2, 0.25) is 0 Å². The summed E-state index contributed by atoms with van der Waals surface area (Å²) in [5.74, 6) is -1.47. The first kappa shape index (κ1) is 23.6. The number of carbonyl (C=O) groups is 1. The predicted octanol–water partition coefficient (Wildman–Crippen LogP) is 3.26. The molecule has 1 amide bonds. The Hall–Kier alpha value is -3.06. The van der Waals surface area contributed by atoms with Gasteiger partial charge in [0, 0.05) is 30.0 Å². The van der Waals surface area contributed by atoms with Crippen molar-refractivity contribution >= 4 is 17.4 Å². The molecule has 2 aliphatic carbocycles. The number of nitrogens with two attached hydrogens (primary N) is 1. The van der Waals surface area contributed by atoms with Crippen molar-refractivity contribution in [2.45, 2.75) is 62.8 Å². The van der Waals surface area contributed by atoms with Crippen molar-refractivity contribution in [1.82, 2.24) is 10.6 Å². The lowest BCUT2D eigenvalue weighted by molar-refractivity contribution is -0.137. The average Bonchev–Trinajstić information content (AvgIpc) is 2.71. The summed E-state index contributed by atoms with van der Waals surface area (Å²) in [7, 11) is 0. The van der Waals surface area contributed by atoms with E-state index in [9.17, 15) is 23.2 Å². The summed E-state index contributed by atoms with van der Waals surface area (Å²) >= 11 is 0. The third-order valence-corrected chi connectivity index (χ3v) is 6.05. The molecule has 32 heavy (non-hydrogen) atoms. The molecule has 1 unspecified atom stereocenters. The summed E-state index contributed by atoms with van der Waals surface area (Å²) < 4.78 is 38.1. The van der Waals surface area contributed by atoms with Gasteiger partial charge < -0.3 is 21.7 Å². The third-order valence-electron chi connectivity index (χ3n) is 6.05. The number of halogens is 3. The number of nitrogens with zero attached hydrogens (tertiary/aromatic N) is 1. The molecule has 0 radical (unpaired) electrons. The van der Waals surface area contributed by atoms with Crippen molar-refractivity contribution in [3.8, 4) is 6.07 Å². The smallest absolute Gasteiger partial charge is 0.386 e. The van der Waals surface area contributed by atoms with Crippen LogP contribution >= 0.6 is 0 Å². The van der Waals surface area contributed by atoms with E-state index in [1.807, 2.05) is 0 Å². The van der Waals surface area contributed by atoms with Gasteiger partial charge in [0.2, 0.25) is 0 Å². The minimum absolute atomic E-state index is 0.156. The zero-order valence-corrected chi connectivity index (χ0v) is 17.5. The Morgan fingerprint density at radius 1 is 1.16 bits per heavy atom. The summed E-state index contributed by atoms with van der Waals surface area (Å²) in [5.41, 5.74) is 4.65.